The normalized spacial score (nSPS) is 9.80. The van der Waals surface area contributed by atoms with E-state index in [0.717, 1.165) is 6.07 Å². The molecule has 0 aliphatic rings. The Kier molecular flexibility index (Phi) is 4.05. The van der Waals surface area contributed by atoms with Crippen LogP contribution >= 0.6 is 0 Å². The summed E-state index contributed by atoms with van der Waals surface area (Å²) in [6.45, 7) is 2.04. The molecule has 15 heavy (non-hydrogen) atoms. The van der Waals surface area contributed by atoms with E-state index in [1.54, 1.807) is 6.92 Å². The van der Waals surface area contributed by atoms with Crippen LogP contribution in [0, 0.1) is 5.82 Å². The average molecular weight is 213 g/mol. The Morgan fingerprint density at radius 1 is 1.53 bits per heavy atom. The number of rotatable bonds is 4. The number of amides is 1. The van der Waals surface area contributed by atoms with Gasteiger partial charge in [0.15, 0.2) is 0 Å². The minimum Gasteiger partial charge on any atom is -0.497 e. The van der Waals surface area contributed by atoms with Gasteiger partial charge in [0.25, 0.3) is 5.91 Å². The topological polar surface area (TPSA) is 47.6 Å². The molecule has 1 rings (SSSR count). The van der Waals surface area contributed by atoms with Crippen LogP contribution in [0.4, 0.5) is 4.39 Å². The average Bonchev–Trinajstić information content (AvgIpc) is 2.25. The zero-order valence-corrected chi connectivity index (χ0v) is 8.54. The predicted octanol–water partition coefficient (Wildman–Crippen LogP) is 1.52. The SMILES string of the molecule is CCONC(=O)c1ccc(OC)cc1F. The van der Waals surface area contributed by atoms with Gasteiger partial charge in [0.05, 0.1) is 19.3 Å². The predicted molar refractivity (Wildman–Crippen MR) is 52.0 cm³/mol. The lowest BCUT2D eigenvalue weighted by molar-refractivity contribution is 0.0361. The molecule has 0 saturated heterocycles. The van der Waals surface area contributed by atoms with Crippen LogP contribution in [-0.2, 0) is 4.84 Å². The molecular formula is C10H12FNO3. The molecule has 0 radical (unpaired) electrons. The van der Waals surface area contributed by atoms with Crippen molar-refractivity contribution in [2.24, 2.45) is 0 Å². The molecule has 0 atom stereocenters. The number of hydrogen-bond acceptors (Lipinski definition) is 3. The van der Waals surface area contributed by atoms with E-state index in [1.165, 1.54) is 19.2 Å². The van der Waals surface area contributed by atoms with Gasteiger partial charge >= 0.3 is 0 Å². The van der Waals surface area contributed by atoms with Crippen LogP contribution in [-0.4, -0.2) is 19.6 Å². The third-order valence-electron chi connectivity index (χ3n) is 1.73. The van der Waals surface area contributed by atoms with Crippen LogP contribution in [0.5, 0.6) is 5.75 Å². The Hall–Kier alpha value is -1.62. The number of carbonyl (C=O) groups excluding carboxylic acids is 1. The first-order valence-corrected chi connectivity index (χ1v) is 4.44. The minimum absolute atomic E-state index is 0.0794. The van der Waals surface area contributed by atoms with Crippen molar-refractivity contribution in [2.45, 2.75) is 6.92 Å². The number of methoxy groups -OCH3 is 1. The van der Waals surface area contributed by atoms with E-state index in [4.69, 9.17) is 4.74 Å². The molecule has 4 nitrogen and oxygen atoms in total. The molecule has 0 bridgehead atoms. The molecule has 0 aromatic heterocycles. The van der Waals surface area contributed by atoms with Crippen LogP contribution in [0.3, 0.4) is 0 Å². The van der Waals surface area contributed by atoms with E-state index in [0.29, 0.717) is 12.4 Å². The van der Waals surface area contributed by atoms with E-state index in [2.05, 4.69) is 10.3 Å². The summed E-state index contributed by atoms with van der Waals surface area (Å²) in [6.07, 6.45) is 0. The molecule has 0 aliphatic heterocycles. The third-order valence-corrected chi connectivity index (χ3v) is 1.73. The summed E-state index contributed by atoms with van der Waals surface area (Å²) in [4.78, 5) is 16.0. The van der Waals surface area contributed by atoms with Gasteiger partial charge in [-0.05, 0) is 19.1 Å². The summed E-state index contributed by atoms with van der Waals surface area (Å²) in [5.74, 6) is -0.899. The van der Waals surface area contributed by atoms with Crippen LogP contribution in [0.1, 0.15) is 17.3 Å². The van der Waals surface area contributed by atoms with Crippen LogP contribution in [0.2, 0.25) is 0 Å². The molecule has 0 spiro atoms. The summed E-state index contributed by atoms with van der Waals surface area (Å²) < 4.78 is 18.1. The van der Waals surface area contributed by atoms with Crippen LogP contribution in [0.15, 0.2) is 18.2 Å². The highest BCUT2D eigenvalue weighted by atomic mass is 19.1. The summed E-state index contributed by atoms with van der Waals surface area (Å²) in [5, 5.41) is 0. The van der Waals surface area contributed by atoms with Crippen molar-refractivity contribution in [3.63, 3.8) is 0 Å². The maximum absolute atomic E-state index is 13.3. The highest BCUT2D eigenvalue weighted by Gasteiger charge is 2.11. The molecular weight excluding hydrogens is 201 g/mol. The van der Waals surface area contributed by atoms with Gasteiger partial charge in [-0.3, -0.25) is 9.63 Å². The molecule has 5 heteroatoms. The zero-order chi connectivity index (χ0) is 11.3. The van der Waals surface area contributed by atoms with Gasteiger partial charge in [-0.1, -0.05) is 0 Å². The number of hydroxylamine groups is 1. The molecule has 0 saturated carbocycles. The fourth-order valence-electron chi connectivity index (χ4n) is 1.000. The third kappa shape index (κ3) is 2.92. The second kappa shape index (κ2) is 5.31. The number of halogens is 1. The molecule has 0 fully saturated rings. The van der Waals surface area contributed by atoms with Gasteiger partial charge in [0.2, 0.25) is 0 Å². The minimum atomic E-state index is -0.647. The molecule has 1 amide bonds. The van der Waals surface area contributed by atoms with Crippen LogP contribution < -0.4 is 10.2 Å². The lowest BCUT2D eigenvalue weighted by Crippen LogP contribution is -2.24. The van der Waals surface area contributed by atoms with Gasteiger partial charge in [0, 0.05) is 6.07 Å². The molecule has 82 valence electrons. The van der Waals surface area contributed by atoms with Gasteiger partial charge in [-0.25, -0.2) is 9.87 Å². The maximum Gasteiger partial charge on any atom is 0.277 e. The quantitative estimate of drug-likeness (QED) is 0.771. The fourth-order valence-corrected chi connectivity index (χ4v) is 1.000. The Morgan fingerprint density at radius 3 is 2.80 bits per heavy atom. The van der Waals surface area contributed by atoms with Crippen molar-refractivity contribution >= 4 is 5.91 Å². The van der Waals surface area contributed by atoms with E-state index >= 15 is 0 Å². The number of hydrogen-bond donors (Lipinski definition) is 1. The monoisotopic (exact) mass is 213 g/mol. The summed E-state index contributed by atoms with van der Waals surface area (Å²) in [6, 6.07) is 3.98. The van der Waals surface area contributed by atoms with Gasteiger partial charge < -0.3 is 4.74 Å². The van der Waals surface area contributed by atoms with Gasteiger partial charge in [0.1, 0.15) is 11.6 Å². The van der Waals surface area contributed by atoms with Crippen molar-refractivity contribution in [3.05, 3.63) is 29.6 Å². The molecule has 1 aromatic carbocycles. The molecule has 0 heterocycles. The Bertz CT molecular complexity index is 355. The highest BCUT2D eigenvalue weighted by Crippen LogP contribution is 2.15. The first-order valence-electron chi connectivity index (χ1n) is 4.44. The van der Waals surface area contributed by atoms with E-state index in [1.807, 2.05) is 0 Å². The second-order valence-corrected chi connectivity index (χ2v) is 2.71. The Balaban J connectivity index is 2.81. The number of carbonyl (C=O) groups is 1. The number of benzene rings is 1. The largest absolute Gasteiger partial charge is 0.497 e. The smallest absolute Gasteiger partial charge is 0.277 e. The first-order chi connectivity index (χ1) is 7.19. The maximum atomic E-state index is 13.3. The second-order valence-electron chi connectivity index (χ2n) is 2.71. The van der Waals surface area contributed by atoms with Gasteiger partial charge in [-0.15, -0.1) is 0 Å². The number of nitrogens with one attached hydrogen (secondary N) is 1. The summed E-state index contributed by atoms with van der Waals surface area (Å²) >= 11 is 0. The zero-order valence-electron chi connectivity index (χ0n) is 8.54. The standard InChI is InChI=1S/C10H12FNO3/c1-3-15-12-10(13)8-5-4-7(14-2)6-9(8)11/h4-6H,3H2,1-2H3,(H,12,13). The van der Waals surface area contributed by atoms with Crippen molar-refractivity contribution in [2.75, 3.05) is 13.7 Å². The Labute approximate surface area is 86.9 Å². The van der Waals surface area contributed by atoms with E-state index in [-0.39, 0.29) is 5.56 Å². The van der Waals surface area contributed by atoms with Crippen molar-refractivity contribution in [3.8, 4) is 5.75 Å². The number of ether oxygens (including phenoxy) is 1. The van der Waals surface area contributed by atoms with Crippen molar-refractivity contribution in [1.29, 1.82) is 0 Å². The molecule has 1 N–H and O–H groups in total. The Morgan fingerprint density at radius 2 is 2.27 bits per heavy atom. The highest BCUT2D eigenvalue weighted by molar-refractivity contribution is 5.93. The van der Waals surface area contributed by atoms with Crippen molar-refractivity contribution < 1.29 is 18.8 Å². The summed E-state index contributed by atoms with van der Waals surface area (Å²) in [7, 11) is 1.43. The van der Waals surface area contributed by atoms with Crippen molar-refractivity contribution in [1.82, 2.24) is 5.48 Å². The lowest BCUT2D eigenvalue weighted by Gasteiger charge is -2.06. The van der Waals surface area contributed by atoms with E-state index in [9.17, 15) is 9.18 Å². The molecule has 0 unspecified atom stereocenters. The molecule has 1 aromatic rings. The van der Waals surface area contributed by atoms with Crippen LogP contribution in [0.25, 0.3) is 0 Å². The molecule has 0 aliphatic carbocycles. The van der Waals surface area contributed by atoms with E-state index < -0.39 is 11.7 Å². The fraction of sp³-hybridized carbons (Fsp3) is 0.300. The first kappa shape index (κ1) is 11.5. The van der Waals surface area contributed by atoms with Gasteiger partial charge in [-0.2, -0.15) is 0 Å². The summed E-state index contributed by atoms with van der Waals surface area (Å²) in [5.41, 5.74) is 2.03. The lowest BCUT2D eigenvalue weighted by atomic mass is 10.2.